The van der Waals surface area contributed by atoms with Crippen LogP contribution in [0.5, 0.6) is 0 Å². The third-order valence-electron chi connectivity index (χ3n) is 3.00. The van der Waals surface area contributed by atoms with E-state index in [1.807, 2.05) is 4.72 Å². The molecule has 1 aromatic carbocycles. The van der Waals surface area contributed by atoms with Crippen molar-refractivity contribution in [1.82, 2.24) is 10.0 Å². The summed E-state index contributed by atoms with van der Waals surface area (Å²) in [5, 5.41) is 22.5. The molecule has 0 saturated heterocycles. The number of carbonyl (C=O) groups excluding carboxylic acids is 1. The number of sulfonamides is 1. The molecule has 0 aliphatic rings. The molecule has 11 heteroatoms. The molecule has 2 aromatic rings. The summed E-state index contributed by atoms with van der Waals surface area (Å²) < 4.78 is 26.9. The third-order valence-corrected chi connectivity index (χ3v) is 4.93. The van der Waals surface area contributed by atoms with E-state index in [4.69, 9.17) is 5.26 Å². The number of nitriles is 1. The molecular formula is C15H13N5O4S2. The molecule has 2 rings (SSSR count). The number of hydrogen-bond donors (Lipinski definition) is 2. The standard InChI is InChI=1S/C15H13N5O4S2/c1-25-15(17-10-16)18-12-4-6-13(7-5-12)26(23,24)19-14(21)11-3-2-8-20(22)9-11/h2-9H,1H3,(H,17,18)(H,19,21). The molecule has 0 radical (unpaired) electrons. The molecule has 0 spiro atoms. The fourth-order valence-electron chi connectivity index (χ4n) is 1.82. The van der Waals surface area contributed by atoms with Crippen molar-refractivity contribution in [2.24, 2.45) is 4.99 Å². The quantitative estimate of drug-likeness (QED) is 0.197. The zero-order valence-electron chi connectivity index (χ0n) is 13.4. The summed E-state index contributed by atoms with van der Waals surface area (Å²) in [6.45, 7) is 0. The zero-order chi connectivity index (χ0) is 19.2. The van der Waals surface area contributed by atoms with Crippen molar-refractivity contribution in [2.45, 2.75) is 4.90 Å². The van der Waals surface area contributed by atoms with Crippen LogP contribution < -0.4 is 14.8 Å². The molecule has 26 heavy (non-hydrogen) atoms. The van der Waals surface area contributed by atoms with Crippen molar-refractivity contribution >= 4 is 38.5 Å². The second-order valence-corrected chi connectivity index (χ2v) is 7.22. The fourth-order valence-corrected chi connectivity index (χ4v) is 3.14. The van der Waals surface area contributed by atoms with Crippen molar-refractivity contribution in [3.63, 3.8) is 0 Å². The summed E-state index contributed by atoms with van der Waals surface area (Å²) in [5.74, 6) is -0.916. The summed E-state index contributed by atoms with van der Waals surface area (Å²) in [4.78, 5) is 16.0. The van der Waals surface area contributed by atoms with Crippen molar-refractivity contribution in [3.05, 3.63) is 59.6 Å². The van der Waals surface area contributed by atoms with Gasteiger partial charge in [0.25, 0.3) is 15.9 Å². The van der Waals surface area contributed by atoms with Gasteiger partial charge in [-0.25, -0.2) is 18.1 Å². The van der Waals surface area contributed by atoms with E-state index in [-0.39, 0.29) is 10.5 Å². The van der Waals surface area contributed by atoms with Gasteiger partial charge in [0, 0.05) is 6.07 Å². The van der Waals surface area contributed by atoms with Crippen LogP contribution in [0.1, 0.15) is 10.4 Å². The summed E-state index contributed by atoms with van der Waals surface area (Å²) in [5.41, 5.74) is 0.345. The number of nitrogens with zero attached hydrogens (tertiary/aromatic N) is 3. The predicted molar refractivity (Wildman–Crippen MR) is 95.9 cm³/mol. The molecule has 0 atom stereocenters. The molecule has 1 amide bonds. The van der Waals surface area contributed by atoms with Crippen LogP contribution in [-0.4, -0.2) is 25.7 Å². The van der Waals surface area contributed by atoms with E-state index in [9.17, 15) is 18.4 Å². The number of aromatic nitrogens is 1. The van der Waals surface area contributed by atoms with Crippen molar-refractivity contribution < 1.29 is 17.9 Å². The first-order chi connectivity index (χ1) is 12.4. The highest BCUT2D eigenvalue weighted by Gasteiger charge is 2.20. The van der Waals surface area contributed by atoms with E-state index in [0.717, 1.165) is 6.20 Å². The Bertz CT molecular complexity index is 982. The van der Waals surface area contributed by atoms with E-state index in [0.29, 0.717) is 15.6 Å². The van der Waals surface area contributed by atoms with Crippen LogP contribution in [0.3, 0.4) is 0 Å². The number of pyridine rings is 1. The first kappa shape index (κ1) is 19.2. The summed E-state index contributed by atoms with van der Waals surface area (Å²) in [7, 11) is -4.11. The van der Waals surface area contributed by atoms with Gasteiger partial charge in [0.15, 0.2) is 23.8 Å². The first-order valence-electron chi connectivity index (χ1n) is 6.99. The average Bonchev–Trinajstić information content (AvgIpc) is 2.61. The second-order valence-electron chi connectivity index (χ2n) is 4.74. The van der Waals surface area contributed by atoms with Crippen LogP contribution in [0.4, 0.5) is 5.69 Å². The van der Waals surface area contributed by atoms with Crippen LogP contribution in [0.2, 0.25) is 0 Å². The smallest absolute Gasteiger partial charge is 0.271 e. The highest BCUT2D eigenvalue weighted by Crippen LogP contribution is 2.18. The van der Waals surface area contributed by atoms with Gasteiger partial charge in [-0.15, -0.1) is 0 Å². The van der Waals surface area contributed by atoms with Crippen molar-refractivity contribution in [2.75, 3.05) is 6.26 Å². The molecule has 2 N–H and O–H groups in total. The molecule has 0 aliphatic heterocycles. The van der Waals surface area contributed by atoms with E-state index >= 15 is 0 Å². The van der Waals surface area contributed by atoms with E-state index < -0.39 is 15.9 Å². The molecule has 0 bridgehead atoms. The molecule has 0 aliphatic carbocycles. The summed E-state index contributed by atoms with van der Waals surface area (Å²) >= 11 is 1.22. The van der Waals surface area contributed by atoms with Crippen molar-refractivity contribution in [3.8, 4) is 6.19 Å². The minimum absolute atomic E-state index is 0.0838. The topological polar surface area (TPSA) is 138 Å². The molecule has 134 valence electrons. The number of carbonyl (C=O) groups is 1. The lowest BCUT2D eigenvalue weighted by Gasteiger charge is -2.07. The van der Waals surface area contributed by atoms with Crippen LogP contribution >= 0.6 is 11.8 Å². The molecule has 1 aromatic heterocycles. The number of rotatable bonds is 4. The van der Waals surface area contributed by atoms with Gasteiger partial charge >= 0.3 is 0 Å². The lowest BCUT2D eigenvalue weighted by Crippen LogP contribution is -2.33. The first-order valence-corrected chi connectivity index (χ1v) is 9.70. The SMILES string of the molecule is CSC(=Nc1ccc(S(=O)(=O)NC(=O)c2ccc[n+]([O-])c2)cc1)NC#N. The number of amides is 1. The number of nitrogens with one attached hydrogen (secondary N) is 2. The summed E-state index contributed by atoms with van der Waals surface area (Å²) in [6, 6.07) is 8.07. The van der Waals surface area contributed by atoms with Crippen LogP contribution in [0.15, 0.2) is 58.7 Å². The molecule has 1 heterocycles. The Kier molecular flexibility index (Phi) is 6.16. The van der Waals surface area contributed by atoms with Gasteiger partial charge in [0.2, 0.25) is 0 Å². The highest BCUT2D eigenvalue weighted by molar-refractivity contribution is 8.13. The molecule has 0 unspecified atom stereocenters. The maximum absolute atomic E-state index is 12.3. The van der Waals surface area contributed by atoms with Crippen molar-refractivity contribution in [1.29, 1.82) is 5.26 Å². The Hall–Kier alpha value is -3.10. The number of aliphatic imine (C=N–C) groups is 1. The van der Waals surface area contributed by atoms with Gasteiger partial charge < -0.3 is 5.21 Å². The van der Waals surface area contributed by atoms with Crippen LogP contribution in [0.25, 0.3) is 0 Å². The Morgan fingerprint density at radius 2 is 2.00 bits per heavy atom. The number of hydrogen-bond acceptors (Lipinski definition) is 7. The van der Waals surface area contributed by atoms with Gasteiger partial charge in [-0.05, 0) is 36.6 Å². The van der Waals surface area contributed by atoms with E-state index in [1.54, 1.807) is 12.4 Å². The summed E-state index contributed by atoms with van der Waals surface area (Å²) in [6.07, 6.45) is 5.62. The third kappa shape index (κ3) is 4.95. The minimum atomic E-state index is -4.11. The normalized spacial score (nSPS) is 11.5. The Labute approximate surface area is 154 Å². The minimum Gasteiger partial charge on any atom is -0.619 e. The van der Waals surface area contributed by atoms with Gasteiger partial charge in [0.05, 0.1) is 10.6 Å². The maximum atomic E-state index is 12.3. The fraction of sp³-hybridized carbons (Fsp3) is 0.0667. The lowest BCUT2D eigenvalue weighted by atomic mass is 10.3. The Morgan fingerprint density at radius 3 is 2.58 bits per heavy atom. The van der Waals surface area contributed by atoms with Gasteiger partial charge in [0.1, 0.15) is 5.56 Å². The second kappa shape index (κ2) is 8.32. The highest BCUT2D eigenvalue weighted by atomic mass is 32.2. The van der Waals surface area contributed by atoms with Gasteiger partial charge in [-0.1, -0.05) is 11.8 Å². The van der Waals surface area contributed by atoms with Crippen LogP contribution in [-0.2, 0) is 10.0 Å². The lowest BCUT2D eigenvalue weighted by molar-refractivity contribution is -0.605. The predicted octanol–water partition coefficient (Wildman–Crippen LogP) is 0.860. The number of benzene rings is 1. The van der Waals surface area contributed by atoms with E-state index in [2.05, 4.69) is 10.3 Å². The monoisotopic (exact) mass is 391 g/mol. The molecule has 0 saturated carbocycles. The number of amidine groups is 1. The number of thioether (sulfide) groups is 1. The van der Waals surface area contributed by atoms with Gasteiger partial charge in [-0.2, -0.15) is 9.99 Å². The zero-order valence-corrected chi connectivity index (χ0v) is 15.0. The Balaban J connectivity index is 2.19. The largest absolute Gasteiger partial charge is 0.619 e. The van der Waals surface area contributed by atoms with Gasteiger partial charge in [-0.3, -0.25) is 10.1 Å². The van der Waals surface area contributed by atoms with Crippen LogP contribution in [0, 0.1) is 16.7 Å². The Morgan fingerprint density at radius 1 is 1.31 bits per heavy atom. The maximum Gasteiger partial charge on any atom is 0.271 e. The molecular weight excluding hydrogens is 378 g/mol. The average molecular weight is 391 g/mol. The molecule has 0 fully saturated rings. The van der Waals surface area contributed by atoms with E-state index in [1.165, 1.54) is 54.4 Å². The molecule has 9 nitrogen and oxygen atoms in total.